The van der Waals surface area contributed by atoms with E-state index < -0.39 is 5.97 Å². The first-order chi connectivity index (χ1) is 4.09. The Balaban J connectivity index is 4.28. The lowest BCUT2D eigenvalue weighted by Crippen LogP contribution is -2.10. The molecule has 9 heavy (non-hydrogen) atoms. The van der Waals surface area contributed by atoms with Crippen LogP contribution in [0.25, 0.3) is 0 Å². The van der Waals surface area contributed by atoms with Gasteiger partial charge in [-0.3, -0.25) is 0 Å². The molecule has 0 aromatic carbocycles. The van der Waals surface area contributed by atoms with Gasteiger partial charge in [0.2, 0.25) is 0 Å². The van der Waals surface area contributed by atoms with Gasteiger partial charge in [0.15, 0.2) is 0 Å². The lowest BCUT2D eigenvalue weighted by atomic mass is 10.2. The Hall–Kier alpha value is -0.990. The predicted molar refractivity (Wildman–Crippen MR) is 30.6 cm³/mol. The Morgan fingerprint density at radius 2 is 2.11 bits per heavy atom. The van der Waals surface area contributed by atoms with Gasteiger partial charge < -0.3 is 10.2 Å². The van der Waals surface area contributed by atoms with E-state index in [4.69, 9.17) is 5.11 Å². The van der Waals surface area contributed by atoms with Gasteiger partial charge in [0.1, 0.15) is 0 Å². The molecule has 0 heterocycles. The van der Waals surface area contributed by atoms with Crippen LogP contribution in [0.4, 0.5) is 0 Å². The second-order valence-corrected chi connectivity index (χ2v) is 1.71. The minimum atomic E-state index is -1.12. The van der Waals surface area contributed by atoms with Gasteiger partial charge in [-0.15, -0.1) is 5.76 Å². The van der Waals surface area contributed by atoms with E-state index in [1.807, 2.05) is 0 Å². The van der Waals surface area contributed by atoms with Crippen LogP contribution in [0.2, 0.25) is 0 Å². The maximum absolute atomic E-state index is 10.5. The molecule has 0 aromatic heterocycles. The topological polar surface area (TPSA) is 60.4 Å². The fourth-order valence-corrected chi connectivity index (χ4v) is 0.384. The number of hydrogen-bond donors (Lipinski definition) is 1. The van der Waals surface area contributed by atoms with E-state index in [-0.39, 0.29) is 17.8 Å². The third-order valence-electron chi connectivity index (χ3n) is 1.06. The molecule has 0 saturated carbocycles. The summed E-state index contributed by atoms with van der Waals surface area (Å²) in [5.41, 5.74) is -0.0856. The molecule has 0 atom stereocenters. The molecule has 0 aliphatic carbocycles. The SMILES string of the molecule is CC/C([O-])=C(\C)C(=O)O. The molecule has 0 bridgehead atoms. The smallest absolute Gasteiger partial charge is 0.330 e. The van der Waals surface area contributed by atoms with Crippen LogP contribution in [0.1, 0.15) is 20.3 Å². The zero-order valence-corrected chi connectivity index (χ0v) is 5.47. The van der Waals surface area contributed by atoms with E-state index in [0.717, 1.165) is 0 Å². The molecular weight excluding hydrogens is 120 g/mol. The van der Waals surface area contributed by atoms with Crippen LogP contribution >= 0.6 is 0 Å². The standard InChI is InChI=1S/C6H10O3/c1-3-5(7)4(2)6(8)9/h7H,3H2,1-2H3,(H,8,9)/p-1/b5-4-. The first kappa shape index (κ1) is 8.01. The number of carbonyl (C=O) groups is 1. The Bertz CT molecular complexity index is 146. The predicted octanol–water partition coefficient (Wildman–Crippen LogP) is 0.115. The maximum atomic E-state index is 10.5. The van der Waals surface area contributed by atoms with Crippen molar-refractivity contribution >= 4 is 5.97 Å². The Morgan fingerprint density at radius 3 is 2.22 bits per heavy atom. The summed E-state index contributed by atoms with van der Waals surface area (Å²) in [7, 11) is 0. The molecule has 0 unspecified atom stereocenters. The normalized spacial score (nSPS) is 12.7. The van der Waals surface area contributed by atoms with Crippen LogP contribution in [0.15, 0.2) is 11.3 Å². The van der Waals surface area contributed by atoms with Gasteiger partial charge in [-0.05, 0) is 13.3 Å². The minimum absolute atomic E-state index is 0.0856. The monoisotopic (exact) mass is 129 g/mol. The van der Waals surface area contributed by atoms with Crippen LogP contribution in [0.5, 0.6) is 0 Å². The highest BCUT2D eigenvalue weighted by Gasteiger charge is 1.98. The molecule has 52 valence electrons. The van der Waals surface area contributed by atoms with E-state index in [1.165, 1.54) is 6.92 Å². The summed E-state index contributed by atoms with van der Waals surface area (Å²) in [5.74, 6) is -1.43. The zero-order valence-electron chi connectivity index (χ0n) is 5.47. The van der Waals surface area contributed by atoms with Gasteiger partial charge in [-0.1, -0.05) is 6.92 Å². The number of hydrogen-bond acceptors (Lipinski definition) is 2. The van der Waals surface area contributed by atoms with E-state index in [0.29, 0.717) is 0 Å². The van der Waals surface area contributed by atoms with Gasteiger partial charge in [0.25, 0.3) is 0 Å². The molecule has 0 fully saturated rings. The molecule has 0 aliphatic rings. The molecule has 0 aliphatic heterocycles. The maximum Gasteiger partial charge on any atom is 0.330 e. The lowest BCUT2D eigenvalue weighted by Gasteiger charge is -2.09. The first-order valence-corrected chi connectivity index (χ1v) is 2.69. The summed E-state index contributed by atoms with van der Waals surface area (Å²) < 4.78 is 0. The highest BCUT2D eigenvalue weighted by atomic mass is 16.4. The van der Waals surface area contributed by atoms with Crippen molar-refractivity contribution in [1.29, 1.82) is 0 Å². The third kappa shape index (κ3) is 2.17. The molecule has 0 radical (unpaired) electrons. The summed E-state index contributed by atoms with van der Waals surface area (Å²) in [6.07, 6.45) is 0.262. The molecule has 3 nitrogen and oxygen atoms in total. The number of carboxylic acids is 1. The Labute approximate surface area is 53.6 Å². The highest BCUT2D eigenvalue weighted by Crippen LogP contribution is 1.99. The molecule has 3 heteroatoms. The quantitative estimate of drug-likeness (QED) is 0.425. The minimum Gasteiger partial charge on any atom is -0.875 e. The number of allylic oxidation sites excluding steroid dienone is 1. The van der Waals surface area contributed by atoms with Crippen molar-refractivity contribution in [2.75, 3.05) is 0 Å². The summed E-state index contributed by atoms with van der Waals surface area (Å²) in [4.78, 5) is 10.0. The van der Waals surface area contributed by atoms with Crippen LogP contribution < -0.4 is 5.11 Å². The summed E-state index contributed by atoms with van der Waals surface area (Å²) in [5, 5.41) is 18.8. The molecule has 0 amide bonds. The van der Waals surface area contributed by atoms with Crippen molar-refractivity contribution < 1.29 is 15.0 Å². The van der Waals surface area contributed by atoms with Crippen LogP contribution in [0.3, 0.4) is 0 Å². The van der Waals surface area contributed by atoms with Gasteiger partial charge in [0.05, 0.1) is 0 Å². The number of rotatable bonds is 2. The third-order valence-corrected chi connectivity index (χ3v) is 1.06. The first-order valence-electron chi connectivity index (χ1n) is 2.69. The summed E-state index contributed by atoms with van der Waals surface area (Å²) in [6, 6.07) is 0. The second kappa shape index (κ2) is 3.12. The molecular formula is C6H9O3-. The van der Waals surface area contributed by atoms with E-state index in [9.17, 15) is 9.90 Å². The molecule has 0 spiro atoms. The molecule has 0 aromatic rings. The molecule has 0 rings (SSSR count). The molecule has 0 saturated heterocycles. The van der Waals surface area contributed by atoms with Crippen molar-refractivity contribution in [3.8, 4) is 0 Å². The van der Waals surface area contributed by atoms with Crippen molar-refractivity contribution in [1.82, 2.24) is 0 Å². The zero-order chi connectivity index (χ0) is 7.44. The van der Waals surface area contributed by atoms with Crippen molar-refractivity contribution in [2.45, 2.75) is 20.3 Å². The average Bonchev–Trinajstić information content (AvgIpc) is 1.84. The fourth-order valence-electron chi connectivity index (χ4n) is 0.384. The summed E-state index contributed by atoms with van der Waals surface area (Å²) in [6.45, 7) is 2.95. The highest BCUT2D eigenvalue weighted by molar-refractivity contribution is 5.86. The average molecular weight is 129 g/mol. The van der Waals surface area contributed by atoms with E-state index in [2.05, 4.69) is 0 Å². The second-order valence-electron chi connectivity index (χ2n) is 1.71. The summed E-state index contributed by atoms with van der Waals surface area (Å²) >= 11 is 0. The van der Waals surface area contributed by atoms with Gasteiger partial charge in [0, 0.05) is 5.57 Å². The molecule has 1 N–H and O–H groups in total. The van der Waals surface area contributed by atoms with Crippen molar-refractivity contribution in [3.63, 3.8) is 0 Å². The van der Waals surface area contributed by atoms with Crippen LogP contribution in [0, 0.1) is 0 Å². The van der Waals surface area contributed by atoms with Crippen LogP contribution in [-0.2, 0) is 4.79 Å². The van der Waals surface area contributed by atoms with Crippen LogP contribution in [-0.4, -0.2) is 11.1 Å². The lowest BCUT2D eigenvalue weighted by molar-refractivity contribution is -0.307. The largest absolute Gasteiger partial charge is 0.875 e. The Kier molecular flexibility index (Phi) is 2.78. The number of aliphatic carboxylic acids is 1. The van der Waals surface area contributed by atoms with Crippen molar-refractivity contribution in [3.05, 3.63) is 11.3 Å². The van der Waals surface area contributed by atoms with Gasteiger partial charge in [-0.2, -0.15) is 0 Å². The van der Waals surface area contributed by atoms with E-state index >= 15 is 0 Å². The Morgan fingerprint density at radius 1 is 1.67 bits per heavy atom. The van der Waals surface area contributed by atoms with Crippen molar-refractivity contribution in [2.24, 2.45) is 0 Å². The number of carboxylic acid groups (broad SMARTS) is 1. The van der Waals surface area contributed by atoms with Gasteiger partial charge in [-0.25, -0.2) is 4.79 Å². The van der Waals surface area contributed by atoms with Gasteiger partial charge >= 0.3 is 5.97 Å². The van der Waals surface area contributed by atoms with E-state index in [1.54, 1.807) is 6.92 Å². The fraction of sp³-hybridized carbons (Fsp3) is 0.500.